The Morgan fingerprint density at radius 1 is 1.06 bits per heavy atom. The summed E-state index contributed by atoms with van der Waals surface area (Å²) in [7, 11) is 0. The number of rotatable bonds is 0. The molecule has 0 saturated heterocycles. The summed E-state index contributed by atoms with van der Waals surface area (Å²) in [4.78, 5) is 25.3. The van der Waals surface area contributed by atoms with Crippen LogP contribution in [0.5, 0.6) is 0 Å². The molecule has 0 fully saturated rings. The van der Waals surface area contributed by atoms with E-state index in [1.807, 2.05) is 0 Å². The summed E-state index contributed by atoms with van der Waals surface area (Å²) in [6, 6.07) is 1.71. The lowest BCUT2D eigenvalue weighted by molar-refractivity contribution is 0.0985. The average molecular weight is 378 g/mol. The summed E-state index contributed by atoms with van der Waals surface area (Å²) in [6.45, 7) is 0. The quantitative estimate of drug-likeness (QED) is 0.590. The molecule has 0 saturated carbocycles. The maximum atomic E-state index is 12.2. The number of carbonyl (C=O) groups excluding carboxylic acids is 2. The van der Waals surface area contributed by atoms with E-state index in [1.165, 1.54) is 22.7 Å². The number of fused-ring (bicyclic) bond motifs is 2. The molecule has 2 aromatic heterocycles. The molecule has 3 rings (SSSR count). The van der Waals surface area contributed by atoms with E-state index in [2.05, 4.69) is 31.9 Å². The third kappa shape index (κ3) is 1.27. The fourth-order valence-electron chi connectivity index (χ4n) is 1.65. The van der Waals surface area contributed by atoms with Gasteiger partial charge in [-0.3, -0.25) is 9.59 Å². The Morgan fingerprint density at radius 2 is 1.81 bits per heavy atom. The molecule has 0 aromatic carbocycles. The average Bonchev–Trinajstić information content (AvgIpc) is 2.83. The molecule has 0 unspecified atom stereocenters. The summed E-state index contributed by atoms with van der Waals surface area (Å²) >= 11 is 9.29. The van der Waals surface area contributed by atoms with Gasteiger partial charge in [-0.25, -0.2) is 0 Å². The fraction of sp³-hybridized carbons (Fsp3) is 0. The van der Waals surface area contributed by atoms with Crippen molar-refractivity contribution in [2.24, 2.45) is 0 Å². The van der Waals surface area contributed by atoms with E-state index in [0.29, 0.717) is 25.4 Å². The Bertz CT molecular complexity index is 639. The van der Waals surface area contributed by atoms with Crippen LogP contribution >= 0.6 is 54.5 Å². The lowest BCUT2D eigenvalue weighted by atomic mass is 9.96. The highest BCUT2D eigenvalue weighted by atomic mass is 79.9. The molecule has 0 amide bonds. The van der Waals surface area contributed by atoms with Crippen molar-refractivity contribution in [3.63, 3.8) is 0 Å². The number of hydrogen-bond donors (Lipinski definition) is 0. The van der Waals surface area contributed by atoms with Crippen LogP contribution in [0.15, 0.2) is 19.7 Å². The van der Waals surface area contributed by atoms with Crippen molar-refractivity contribution in [3.05, 3.63) is 40.6 Å². The first-order valence-electron chi connectivity index (χ1n) is 4.26. The SMILES string of the molecule is O=C1c2ccsc2C(=O)c2c1sc(Br)c2Br. The van der Waals surface area contributed by atoms with E-state index in [1.54, 1.807) is 11.4 Å². The molecule has 6 heteroatoms. The zero-order valence-electron chi connectivity index (χ0n) is 7.54. The van der Waals surface area contributed by atoms with Crippen molar-refractivity contribution < 1.29 is 9.59 Å². The minimum Gasteiger partial charge on any atom is -0.288 e. The Labute approximate surface area is 116 Å². The van der Waals surface area contributed by atoms with Crippen molar-refractivity contribution >= 4 is 66.1 Å². The van der Waals surface area contributed by atoms with Gasteiger partial charge in [0, 0.05) is 5.56 Å². The molecule has 2 heterocycles. The lowest BCUT2D eigenvalue weighted by Crippen LogP contribution is -2.16. The van der Waals surface area contributed by atoms with Crippen LogP contribution in [0.2, 0.25) is 0 Å². The smallest absolute Gasteiger partial charge is 0.206 e. The van der Waals surface area contributed by atoms with Crippen LogP contribution in [-0.4, -0.2) is 11.6 Å². The predicted octanol–water partition coefficient (Wildman–Crippen LogP) is 4.11. The second kappa shape index (κ2) is 3.60. The van der Waals surface area contributed by atoms with Crippen LogP contribution in [0.25, 0.3) is 0 Å². The third-order valence-electron chi connectivity index (χ3n) is 2.36. The van der Waals surface area contributed by atoms with E-state index in [0.717, 1.165) is 3.79 Å². The second-order valence-electron chi connectivity index (χ2n) is 3.22. The van der Waals surface area contributed by atoms with Crippen molar-refractivity contribution in [3.8, 4) is 0 Å². The Balaban J connectivity index is 2.38. The first-order valence-corrected chi connectivity index (χ1v) is 7.54. The largest absolute Gasteiger partial charge is 0.288 e. The summed E-state index contributed by atoms with van der Waals surface area (Å²) < 4.78 is 1.47. The fourth-order valence-corrected chi connectivity index (χ4v) is 4.79. The van der Waals surface area contributed by atoms with Crippen LogP contribution in [0, 0.1) is 0 Å². The van der Waals surface area contributed by atoms with Crippen LogP contribution in [-0.2, 0) is 0 Å². The van der Waals surface area contributed by atoms with Gasteiger partial charge in [0.05, 0.1) is 23.6 Å². The van der Waals surface area contributed by atoms with E-state index in [9.17, 15) is 9.59 Å². The van der Waals surface area contributed by atoms with Gasteiger partial charge in [0.25, 0.3) is 0 Å². The van der Waals surface area contributed by atoms with Gasteiger partial charge in [0.1, 0.15) is 0 Å². The maximum Gasteiger partial charge on any atom is 0.206 e. The van der Waals surface area contributed by atoms with Gasteiger partial charge in [0.15, 0.2) is 0 Å². The summed E-state index contributed by atoms with van der Waals surface area (Å²) in [5, 5.41) is 1.78. The molecule has 0 spiro atoms. The first-order chi connectivity index (χ1) is 7.61. The van der Waals surface area contributed by atoms with Crippen LogP contribution in [0.1, 0.15) is 30.5 Å². The molecule has 0 bridgehead atoms. The lowest BCUT2D eigenvalue weighted by Gasteiger charge is -2.09. The molecule has 1 aliphatic carbocycles. The van der Waals surface area contributed by atoms with E-state index >= 15 is 0 Å². The highest BCUT2D eigenvalue weighted by Gasteiger charge is 2.35. The van der Waals surface area contributed by atoms with Gasteiger partial charge in [-0.05, 0) is 43.3 Å². The number of halogens is 2. The Kier molecular flexibility index (Phi) is 2.43. The molecule has 0 atom stereocenters. The monoisotopic (exact) mass is 376 g/mol. The van der Waals surface area contributed by atoms with Gasteiger partial charge >= 0.3 is 0 Å². The van der Waals surface area contributed by atoms with Crippen molar-refractivity contribution in [1.82, 2.24) is 0 Å². The summed E-state index contributed by atoms with van der Waals surface area (Å²) in [6.07, 6.45) is 0. The maximum absolute atomic E-state index is 12.2. The minimum absolute atomic E-state index is 0.0535. The predicted molar refractivity (Wildman–Crippen MR) is 70.9 cm³/mol. The van der Waals surface area contributed by atoms with Crippen LogP contribution < -0.4 is 0 Å². The normalized spacial score (nSPS) is 13.9. The molecular formula is C10H2Br2O2S2. The molecule has 1 aliphatic rings. The Morgan fingerprint density at radius 3 is 2.56 bits per heavy atom. The van der Waals surface area contributed by atoms with Crippen LogP contribution in [0.4, 0.5) is 0 Å². The van der Waals surface area contributed by atoms with Crippen molar-refractivity contribution in [2.45, 2.75) is 0 Å². The summed E-state index contributed by atoms with van der Waals surface area (Å²) in [5.41, 5.74) is 1.03. The number of thiophene rings is 2. The number of ketones is 2. The molecule has 2 nitrogen and oxygen atoms in total. The second-order valence-corrected chi connectivity index (χ2v) is 7.26. The standard InChI is InChI=1S/C10H2Br2O2S2/c11-5-4-7(14)8-3(1-2-15-8)6(13)9(4)16-10(5)12/h1-2H. The molecule has 0 radical (unpaired) electrons. The first kappa shape index (κ1) is 10.8. The van der Waals surface area contributed by atoms with Crippen molar-refractivity contribution in [1.29, 1.82) is 0 Å². The van der Waals surface area contributed by atoms with E-state index in [-0.39, 0.29) is 11.6 Å². The van der Waals surface area contributed by atoms with Crippen LogP contribution in [0.3, 0.4) is 0 Å². The summed E-state index contributed by atoms with van der Waals surface area (Å²) in [5.74, 6) is -0.115. The molecule has 2 aromatic rings. The molecule has 16 heavy (non-hydrogen) atoms. The minimum atomic E-state index is -0.0616. The van der Waals surface area contributed by atoms with E-state index < -0.39 is 0 Å². The molecule has 0 N–H and O–H groups in total. The van der Waals surface area contributed by atoms with E-state index in [4.69, 9.17) is 0 Å². The van der Waals surface area contributed by atoms with Gasteiger partial charge in [-0.15, -0.1) is 22.7 Å². The van der Waals surface area contributed by atoms with Gasteiger partial charge in [-0.1, -0.05) is 0 Å². The highest BCUT2D eigenvalue weighted by molar-refractivity contribution is 9.13. The van der Waals surface area contributed by atoms with Gasteiger partial charge < -0.3 is 0 Å². The number of hydrogen-bond acceptors (Lipinski definition) is 4. The zero-order valence-corrected chi connectivity index (χ0v) is 12.3. The third-order valence-corrected chi connectivity index (χ3v) is 6.72. The zero-order chi connectivity index (χ0) is 11.4. The van der Waals surface area contributed by atoms with Gasteiger partial charge in [0.2, 0.25) is 11.6 Å². The van der Waals surface area contributed by atoms with Gasteiger partial charge in [-0.2, -0.15) is 0 Å². The van der Waals surface area contributed by atoms with Crippen molar-refractivity contribution in [2.75, 3.05) is 0 Å². The Hall–Kier alpha value is -0.300. The molecular weight excluding hydrogens is 376 g/mol. The highest BCUT2D eigenvalue weighted by Crippen LogP contribution is 2.43. The topological polar surface area (TPSA) is 34.1 Å². The molecule has 80 valence electrons. The number of carbonyl (C=O) groups is 2. The molecule has 0 aliphatic heterocycles.